The maximum absolute atomic E-state index is 12.4. The maximum atomic E-state index is 12.4. The number of halogens is 4. The van der Waals surface area contributed by atoms with Crippen molar-refractivity contribution in [2.75, 3.05) is 18.8 Å². The highest BCUT2D eigenvalue weighted by atomic mass is 127. The molecule has 1 rings (SSSR count). The van der Waals surface area contributed by atoms with Gasteiger partial charge >= 0.3 is 6.18 Å². The average molecular weight is 507 g/mol. The molecule has 10 heteroatoms. The molecule has 0 aliphatic rings. The Morgan fingerprint density at radius 1 is 1.19 bits per heavy atom. The Balaban J connectivity index is 0.00000625. The van der Waals surface area contributed by atoms with Gasteiger partial charge in [-0.2, -0.15) is 13.2 Å². The van der Waals surface area contributed by atoms with E-state index >= 15 is 0 Å². The number of aliphatic imine (C=N–C) groups is 1. The fraction of sp³-hybridized carbons (Fsp3) is 0.562. The van der Waals surface area contributed by atoms with Crippen LogP contribution in [-0.4, -0.2) is 45.4 Å². The first-order valence-electron chi connectivity index (χ1n) is 8.07. The zero-order chi connectivity index (χ0) is 18.9. The first-order chi connectivity index (χ1) is 11.7. The fourth-order valence-electron chi connectivity index (χ4n) is 2.06. The van der Waals surface area contributed by atoms with Crippen molar-refractivity contribution < 1.29 is 21.6 Å². The number of hydrogen-bond donors (Lipinski definition) is 2. The Bertz CT molecular complexity index is 652. The number of nitrogens with zero attached hydrogens (tertiary/aromatic N) is 1. The van der Waals surface area contributed by atoms with Gasteiger partial charge in [0.2, 0.25) is 0 Å². The van der Waals surface area contributed by atoms with Gasteiger partial charge in [-0.3, -0.25) is 4.99 Å². The second kappa shape index (κ2) is 11.6. The fourth-order valence-corrected chi connectivity index (χ4v) is 3.67. The Morgan fingerprint density at radius 3 is 2.31 bits per heavy atom. The van der Waals surface area contributed by atoms with Gasteiger partial charge in [0.25, 0.3) is 0 Å². The van der Waals surface area contributed by atoms with Gasteiger partial charge in [0.15, 0.2) is 15.8 Å². The van der Waals surface area contributed by atoms with Crippen molar-refractivity contribution in [2.45, 2.75) is 43.8 Å². The number of sulfone groups is 1. The number of guanidine groups is 1. The van der Waals surface area contributed by atoms with Crippen molar-refractivity contribution in [3.63, 3.8) is 0 Å². The van der Waals surface area contributed by atoms with E-state index in [9.17, 15) is 21.6 Å². The van der Waals surface area contributed by atoms with Gasteiger partial charge in [0.1, 0.15) is 0 Å². The summed E-state index contributed by atoms with van der Waals surface area (Å²) in [6, 6.07) is 7.59. The van der Waals surface area contributed by atoms with Crippen LogP contribution in [0.2, 0.25) is 0 Å². The quantitative estimate of drug-likeness (QED) is 0.322. The first kappa shape index (κ1) is 25.0. The third-order valence-corrected chi connectivity index (χ3v) is 5.20. The van der Waals surface area contributed by atoms with Gasteiger partial charge in [-0.05, 0) is 25.5 Å². The first-order valence-corrected chi connectivity index (χ1v) is 9.72. The summed E-state index contributed by atoms with van der Waals surface area (Å²) in [5.41, 5.74) is 0. The Morgan fingerprint density at radius 2 is 1.81 bits per heavy atom. The van der Waals surface area contributed by atoms with E-state index in [1.165, 1.54) is 12.1 Å². The summed E-state index contributed by atoms with van der Waals surface area (Å²) in [6.07, 6.45) is -4.82. The molecule has 0 saturated heterocycles. The topological polar surface area (TPSA) is 70.6 Å². The molecule has 26 heavy (non-hydrogen) atoms. The highest BCUT2D eigenvalue weighted by Crippen LogP contribution is 2.19. The minimum Gasteiger partial charge on any atom is -0.357 e. The van der Waals surface area contributed by atoms with E-state index in [0.717, 1.165) is 0 Å². The Kier molecular flexibility index (Phi) is 11.2. The lowest BCUT2D eigenvalue weighted by Crippen LogP contribution is -2.46. The third kappa shape index (κ3) is 9.60. The molecule has 5 nitrogen and oxygen atoms in total. The number of rotatable bonds is 8. The van der Waals surface area contributed by atoms with E-state index in [4.69, 9.17) is 0 Å². The second-order valence-corrected chi connectivity index (χ2v) is 7.50. The smallest absolute Gasteiger partial charge is 0.357 e. The lowest BCUT2D eigenvalue weighted by atomic mass is 10.3. The normalized spacial score (nSPS) is 13.7. The van der Waals surface area contributed by atoms with Crippen molar-refractivity contribution in [2.24, 2.45) is 4.99 Å². The molecule has 0 heterocycles. The molecule has 0 fully saturated rings. The summed E-state index contributed by atoms with van der Waals surface area (Å²) in [5.74, 6) is 0.0128. The summed E-state index contributed by atoms with van der Waals surface area (Å²) >= 11 is 0. The van der Waals surface area contributed by atoms with Crippen LogP contribution in [0.1, 0.15) is 26.7 Å². The summed E-state index contributed by atoms with van der Waals surface area (Å²) in [6.45, 7) is 3.63. The van der Waals surface area contributed by atoms with Crippen molar-refractivity contribution in [3.05, 3.63) is 30.3 Å². The maximum Gasteiger partial charge on any atom is 0.390 e. The molecule has 0 saturated carbocycles. The lowest BCUT2D eigenvalue weighted by Gasteiger charge is -2.20. The minimum absolute atomic E-state index is 0. The van der Waals surface area contributed by atoms with Crippen molar-refractivity contribution >= 4 is 39.8 Å². The van der Waals surface area contributed by atoms with Gasteiger partial charge < -0.3 is 10.6 Å². The molecule has 0 aliphatic carbocycles. The van der Waals surface area contributed by atoms with E-state index < -0.39 is 35.0 Å². The summed E-state index contributed by atoms with van der Waals surface area (Å²) in [7, 11) is -3.50. The van der Waals surface area contributed by atoms with Crippen LogP contribution in [0.3, 0.4) is 0 Å². The van der Waals surface area contributed by atoms with Gasteiger partial charge in [0.05, 0.1) is 23.6 Å². The zero-order valence-electron chi connectivity index (χ0n) is 14.7. The third-order valence-electron chi connectivity index (χ3n) is 3.37. The molecule has 0 aromatic heterocycles. The largest absolute Gasteiger partial charge is 0.390 e. The van der Waals surface area contributed by atoms with Gasteiger partial charge in [0, 0.05) is 12.6 Å². The van der Waals surface area contributed by atoms with Crippen molar-refractivity contribution in [1.82, 2.24) is 10.6 Å². The summed E-state index contributed by atoms with van der Waals surface area (Å²) < 4.78 is 61.6. The number of alkyl halides is 3. The molecule has 1 aromatic carbocycles. The Labute approximate surface area is 169 Å². The molecule has 1 atom stereocenters. The number of hydrogen-bond acceptors (Lipinski definition) is 3. The molecule has 2 N–H and O–H groups in total. The molecule has 1 aromatic rings. The van der Waals surface area contributed by atoms with Crippen LogP contribution in [0.5, 0.6) is 0 Å². The van der Waals surface area contributed by atoms with Crippen LogP contribution in [0.25, 0.3) is 0 Å². The number of nitrogens with one attached hydrogen (secondary N) is 2. The van der Waals surface area contributed by atoms with E-state index in [-0.39, 0.29) is 40.6 Å². The van der Waals surface area contributed by atoms with Crippen molar-refractivity contribution in [3.8, 4) is 0 Å². The lowest BCUT2D eigenvalue weighted by molar-refractivity contribution is -0.132. The highest BCUT2D eigenvalue weighted by Gasteiger charge is 2.26. The van der Waals surface area contributed by atoms with Crippen LogP contribution >= 0.6 is 24.0 Å². The molecular formula is C16H25F3IN3O2S. The standard InChI is InChI=1S/C16H24F3N3O2S.HI/c1-3-13(12-25(23,24)14-8-6-5-7-9-14)22-15(20-4-2)21-11-10-16(17,18)19;/h5-9,13H,3-4,10-12H2,1-2H3,(H2,20,21,22);1H. The minimum atomic E-state index is -4.28. The zero-order valence-corrected chi connectivity index (χ0v) is 17.9. The van der Waals surface area contributed by atoms with E-state index in [1.54, 1.807) is 32.0 Å². The molecule has 0 amide bonds. The van der Waals surface area contributed by atoms with E-state index in [1.807, 2.05) is 0 Å². The van der Waals surface area contributed by atoms with Crippen molar-refractivity contribution in [1.29, 1.82) is 0 Å². The second-order valence-electron chi connectivity index (χ2n) is 5.47. The van der Waals surface area contributed by atoms with Crippen LogP contribution in [0, 0.1) is 0 Å². The van der Waals surface area contributed by atoms with E-state index in [2.05, 4.69) is 15.6 Å². The number of benzene rings is 1. The van der Waals surface area contributed by atoms with Gasteiger partial charge in [-0.15, -0.1) is 24.0 Å². The summed E-state index contributed by atoms with van der Waals surface area (Å²) in [5, 5.41) is 5.75. The molecular weight excluding hydrogens is 482 g/mol. The van der Waals surface area contributed by atoms with E-state index in [0.29, 0.717) is 13.0 Å². The summed E-state index contributed by atoms with van der Waals surface area (Å²) in [4.78, 5) is 4.09. The molecule has 0 bridgehead atoms. The predicted molar refractivity (Wildman–Crippen MR) is 108 cm³/mol. The molecule has 0 aliphatic heterocycles. The predicted octanol–water partition coefficient (Wildman–Crippen LogP) is 3.36. The van der Waals surface area contributed by atoms with Crippen LogP contribution in [0.4, 0.5) is 13.2 Å². The highest BCUT2D eigenvalue weighted by molar-refractivity contribution is 14.0. The van der Waals surface area contributed by atoms with Gasteiger partial charge in [-0.1, -0.05) is 25.1 Å². The van der Waals surface area contributed by atoms with Crippen LogP contribution in [0.15, 0.2) is 40.2 Å². The van der Waals surface area contributed by atoms with Gasteiger partial charge in [-0.25, -0.2) is 8.42 Å². The molecule has 1 unspecified atom stereocenters. The molecule has 0 radical (unpaired) electrons. The monoisotopic (exact) mass is 507 g/mol. The molecule has 0 spiro atoms. The van der Waals surface area contributed by atoms with Crippen LogP contribution < -0.4 is 10.6 Å². The van der Waals surface area contributed by atoms with Crippen LogP contribution in [-0.2, 0) is 9.84 Å². The SMILES string of the molecule is CCNC(=NCCC(F)(F)F)NC(CC)CS(=O)(=O)c1ccccc1.I. The molecule has 150 valence electrons. The average Bonchev–Trinajstić information content (AvgIpc) is 2.53. The Hall–Kier alpha value is -1.04.